The van der Waals surface area contributed by atoms with Gasteiger partial charge in [0.2, 0.25) is 6.79 Å². The molecule has 0 saturated heterocycles. The molecule has 7 heteroatoms. The van der Waals surface area contributed by atoms with Gasteiger partial charge < -0.3 is 14.8 Å². The Labute approximate surface area is 202 Å². The fourth-order valence-corrected chi connectivity index (χ4v) is 3.85. The lowest BCUT2D eigenvalue weighted by atomic mass is 10.1. The topological polar surface area (TPSA) is 89.2 Å². The van der Waals surface area contributed by atoms with E-state index in [1.807, 2.05) is 89.7 Å². The summed E-state index contributed by atoms with van der Waals surface area (Å²) in [6, 6.07) is 27.2. The molecule has 0 aliphatic carbocycles. The second-order valence-corrected chi connectivity index (χ2v) is 8.02. The van der Waals surface area contributed by atoms with E-state index >= 15 is 0 Å². The van der Waals surface area contributed by atoms with Crippen LogP contribution in [0, 0.1) is 11.3 Å². The fraction of sp³-hybridized carbons (Fsp3) is 0.107. The minimum Gasteiger partial charge on any atom is -0.454 e. The molecule has 0 unspecified atom stereocenters. The smallest absolute Gasteiger partial charge is 0.262 e. The van der Waals surface area contributed by atoms with Crippen LogP contribution in [0.1, 0.15) is 16.7 Å². The molecule has 172 valence electrons. The molecule has 3 aromatic carbocycles. The first-order chi connectivity index (χ1) is 17.2. The molecule has 0 saturated carbocycles. The number of carbonyl (C=O) groups excluding carboxylic acids is 1. The lowest BCUT2D eigenvalue weighted by Gasteiger charge is -2.06. The number of hydrogen-bond acceptors (Lipinski definition) is 5. The van der Waals surface area contributed by atoms with E-state index in [1.165, 1.54) is 0 Å². The van der Waals surface area contributed by atoms with Crippen molar-refractivity contribution >= 4 is 12.0 Å². The van der Waals surface area contributed by atoms with Gasteiger partial charge in [0.1, 0.15) is 11.6 Å². The van der Waals surface area contributed by atoms with Gasteiger partial charge in [-0.15, -0.1) is 0 Å². The van der Waals surface area contributed by atoms with Gasteiger partial charge in [0.15, 0.2) is 11.5 Å². The maximum Gasteiger partial charge on any atom is 0.262 e. The van der Waals surface area contributed by atoms with Crippen LogP contribution in [0.25, 0.3) is 17.3 Å². The van der Waals surface area contributed by atoms with E-state index < -0.39 is 5.91 Å². The van der Waals surface area contributed by atoms with E-state index in [2.05, 4.69) is 5.32 Å². The molecule has 1 N–H and O–H groups in total. The van der Waals surface area contributed by atoms with E-state index in [0.29, 0.717) is 29.3 Å². The number of amides is 1. The maximum atomic E-state index is 12.8. The zero-order valence-electron chi connectivity index (χ0n) is 18.8. The Morgan fingerprint density at radius 1 is 1.00 bits per heavy atom. The summed E-state index contributed by atoms with van der Waals surface area (Å²) in [6.07, 6.45) is 3.45. The predicted molar refractivity (Wildman–Crippen MR) is 131 cm³/mol. The number of hydrogen-bond donors (Lipinski definition) is 1. The van der Waals surface area contributed by atoms with Gasteiger partial charge in [0, 0.05) is 23.9 Å². The van der Waals surface area contributed by atoms with Crippen molar-refractivity contribution in [1.29, 1.82) is 5.26 Å². The van der Waals surface area contributed by atoms with Crippen molar-refractivity contribution < 1.29 is 14.3 Å². The summed E-state index contributed by atoms with van der Waals surface area (Å²) in [5.74, 6) is 0.866. The summed E-state index contributed by atoms with van der Waals surface area (Å²) in [6.45, 7) is 1.02. The molecule has 0 fully saturated rings. The van der Waals surface area contributed by atoms with E-state index in [9.17, 15) is 10.1 Å². The van der Waals surface area contributed by atoms with Crippen molar-refractivity contribution in [3.05, 3.63) is 107 Å². The predicted octanol–water partition coefficient (Wildman–Crippen LogP) is 4.55. The highest BCUT2D eigenvalue weighted by molar-refractivity contribution is 6.02. The third-order valence-electron chi connectivity index (χ3n) is 5.58. The number of nitrogens with zero attached hydrogens (tertiary/aromatic N) is 3. The second kappa shape index (κ2) is 9.98. The third-order valence-corrected chi connectivity index (χ3v) is 5.58. The zero-order valence-corrected chi connectivity index (χ0v) is 18.8. The molecular formula is C28H22N4O3. The minimum atomic E-state index is -0.458. The van der Waals surface area contributed by atoms with Gasteiger partial charge in [0.25, 0.3) is 5.91 Å². The number of nitrogens with one attached hydrogen (secondary N) is 1. The normalized spacial score (nSPS) is 12.3. The Morgan fingerprint density at radius 2 is 1.74 bits per heavy atom. The highest BCUT2D eigenvalue weighted by Crippen LogP contribution is 2.32. The molecule has 7 nitrogen and oxygen atoms in total. The van der Waals surface area contributed by atoms with Crippen LogP contribution >= 0.6 is 0 Å². The maximum absolute atomic E-state index is 12.8. The lowest BCUT2D eigenvalue weighted by Crippen LogP contribution is -2.23. The van der Waals surface area contributed by atoms with Crippen molar-refractivity contribution in [2.45, 2.75) is 13.1 Å². The van der Waals surface area contributed by atoms with Crippen molar-refractivity contribution in [2.75, 3.05) is 6.79 Å². The molecule has 4 aromatic rings. The standard InChI is InChI=1S/C28H22N4O3/c29-15-23(28(33)30-16-21-11-12-25-26(13-21)35-19-34-25)14-24-18-32(17-20-7-3-1-4-8-20)31-27(24)22-9-5-2-6-10-22/h1-14,18H,16-17,19H2,(H,30,33)/b23-14+. The molecular weight excluding hydrogens is 440 g/mol. The van der Waals surface area contributed by atoms with E-state index in [-0.39, 0.29) is 18.9 Å². The van der Waals surface area contributed by atoms with Crippen molar-refractivity contribution in [2.24, 2.45) is 0 Å². The van der Waals surface area contributed by atoms with Gasteiger partial charge in [-0.05, 0) is 29.3 Å². The molecule has 5 rings (SSSR count). The molecule has 0 bridgehead atoms. The molecule has 0 spiro atoms. The largest absolute Gasteiger partial charge is 0.454 e. The number of nitriles is 1. The van der Waals surface area contributed by atoms with Gasteiger partial charge in [-0.3, -0.25) is 9.48 Å². The molecule has 2 heterocycles. The Kier molecular flexibility index (Phi) is 6.27. The number of ether oxygens (including phenoxy) is 2. The first-order valence-corrected chi connectivity index (χ1v) is 11.1. The molecule has 1 aliphatic rings. The van der Waals surface area contributed by atoms with E-state index in [4.69, 9.17) is 14.6 Å². The lowest BCUT2D eigenvalue weighted by molar-refractivity contribution is -0.117. The average molecular weight is 463 g/mol. The third kappa shape index (κ3) is 5.07. The van der Waals surface area contributed by atoms with Crippen molar-refractivity contribution in [3.8, 4) is 28.8 Å². The van der Waals surface area contributed by atoms with Crippen LogP contribution in [-0.2, 0) is 17.9 Å². The molecule has 35 heavy (non-hydrogen) atoms. The number of aromatic nitrogens is 2. The quantitative estimate of drug-likeness (QED) is 0.322. The number of rotatable bonds is 7. The van der Waals surface area contributed by atoms with Crippen molar-refractivity contribution in [3.63, 3.8) is 0 Å². The first-order valence-electron chi connectivity index (χ1n) is 11.1. The van der Waals surface area contributed by atoms with Gasteiger partial charge in [-0.2, -0.15) is 10.4 Å². The number of carbonyl (C=O) groups is 1. The molecule has 1 aromatic heterocycles. The first kappa shape index (κ1) is 22.0. The zero-order chi connectivity index (χ0) is 24.0. The average Bonchev–Trinajstić information content (AvgIpc) is 3.53. The fourth-order valence-electron chi connectivity index (χ4n) is 3.85. The molecule has 1 aliphatic heterocycles. The summed E-state index contributed by atoms with van der Waals surface area (Å²) >= 11 is 0. The van der Waals surface area contributed by atoms with Crippen LogP contribution in [0.2, 0.25) is 0 Å². The van der Waals surface area contributed by atoms with Gasteiger partial charge in [-0.1, -0.05) is 66.7 Å². The van der Waals surface area contributed by atoms with Crippen LogP contribution in [0.3, 0.4) is 0 Å². The van der Waals surface area contributed by atoms with Crippen molar-refractivity contribution in [1.82, 2.24) is 15.1 Å². The van der Waals surface area contributed by atoms with Crippen LogP contribution in [0.4, 0.5) is 0 Å². The van der Waals surface area contributed by atoms with Gasteiger partial charge in [-0.25, -0.2) is 0 Å². The highest BCUT2D eigenvalue weighted by atomic mass is 16.7. The van der Waals surface area contributed by atoms with E-state index in [0.717, 1.165) is 16.7 Å². The Hall–Kier alpha value is -4.83. The monoisotopic (exact) mass is 462 g/mol. The van der Waals surface area contributed by atoms with Crippen LogP contribution in [-0.4, -0.2) is 22.5 Å². The summed E-state index contributed by atoms with van der Waals surface area (Å²) in [5, 5.41) is 17.3. The summed E-state index contributed by atoms with van der Waals surface area (Å²) < 4.78 is 12.5. The Morgan fingerprint density at radius 3 is 2.51 bits per heavy atom. The van der Waals surface area contributed by atoms with Crippen LogP contribution < -0.4 is 14.8 Å². The number of benzene rings is 3. The minimum absolute atomic E-state index is 0.00202. The highest BCUT2D eigenvalue weighted by Gasteiger charge is 2.16. The second-order valence-electron chi connectivity index (χ2n) is 8.02. The van der Waals surface area contributed by atoms with Gasteiger partial charge in [0.05, 0.1) is 12.2 Å². The molecule has 0 radical (unpaired) electrons. The Bertz CT molecular complexity index is 1420. The SMILES string of the molecule is N#C/C(=C\c1cn(Cc2ccccc2)nc1-c1ccccc1)C(=O)NCc1ccc2c(c1)OCO2. The van der Waals surface area contributed by atoms with Crippen LogP contribution in [0.5, 0.6) is 11.5 Å². The summed E-state index contributed by atoms with van der Waals surface area (Å²) in [5.41, 5.74) is 4.26. The van der Waals surface area contributed by atoms with Gasteiger partial charge >= 0.3 is 0 Å². The summed E-state index contributed by atoms with van der Waals surface area (Å²) in [4.78, 5) is 12.8. The van der Waals surface area contributed by atoms with E-state index in [1.54, 1.807) is 12.1 Å². The Balaban J connectivity index is 1.39. The molecule has 1 amide bonds. The number of fused-ring (bicyclic) bond motifs is 1. The summed E-state index contributed by atoms with van der Waals surface area (Å²) in [7, 11) is 0. The molecule has 0 atom stereocenters. The van der Waals surface area contributed by atoms with Crippen LogP contribution in [0.15, 0.2) is 90.6 Å².